The van der Waals surface area contributed by atoms with Crippen molar-refractivity contribution in [1.29, 1.82) is 0 Å². The van der Waals surface area contributed by atoms with E-state index in [9.17, 15) is 4.39 Å². The number of alkyl halides is 1. The van der Waals surface area contributed by atoms with E-state index in [2.05, 4.69) is 32.4 Å². The van der Waals surface area contributed by atoms with Crippen LogP contribution >= 0.6 is 27.5 Å². The lowest BCUT2D eigenvalue weighted by Crippen LogP contribution is -2.22. The first-order chi connectivity index (χ1) is 9.61. The molecule has 20 heavy (non-hydrogen) atoms. The lowest BCUT2D eigenvalue weighted by atomic mass is 9.85. The molecule has 108 valence electrons. The summed E-state index contributed by atoms with van der Waals surface area (Å²) >= 11 is 9.33. The number of benzene rings is 1. The molecule has 0 amide bonds. The highest BCUT2D eigenvalue weighted by Gasteiger charge is 2.27. The molecule has 0 radical (unpaired) electrons. The van der Waals surface area contributed by atoms with Gasteiger partial charge in [-0.25, -0.2) is 9.37 Å². The minimum absolute atomic E-state index is 0.278. The molecule has 0 saturated heterocycles. The van der Waals surface area contributed by atoms with Gasteiger partial charge >= 0.3 is 0 Å². The summed E-state index contributed by atoms with van der Waals surface area (Å²) in [7, 11) is 0. The second-order valence-corrected chi connectivity index (χ2v) is 6.74. The molecule has 2 atom stereocenters. The fourth-order valence-corrected chi connectivity index (χ4v) is 3.80. The van der Waals surface area contributed by atoms with Crippen molar-refractivity contribution in [2.75, 3.05) is 0 Å². The second kappa shape index (κ2) is 5.64. The van der Waals surface area contributed by atoms with Crippen LogP contribution < -0.4 is 0 Å². The van der Waals surface area contributed by atoms with E-state index in [1.807, 2.05) is 6.07 Å². The Balaban J connectivity index is 2.19. The van der Waals surface area contributed by atoms with Crippen LogP contribution in [0.5, 0.6) is 0 Å². The lowest BCUT2D eigenvalue weighted by molar-refractivity contribution is 0.258. The molecule has 1 saturated carbocycles. The van der Waals surface area contributed by atoms with Crippen molar-refractivity contribution in [3.63, 3.8) is 0 Å². The smallest absolute Gasteiger partial charge is 0.139 e. The fourth-order valence-electron chi connectivity index (χ4n) is 3.28. The molecule has 0 spiro atoms. The molecule has 1 aromatic carbocycles. The van der Waals surface area contributed by atoms with Crippen LogP contribution in [-0.2, 0) is 5.88 Å². The van der Waals surface area contributed by atoms with Gasteiger partial charge in [-0.3, -0.25) is 0 Å². The number of hydrogen-bond donors (Lipinski definition) is 0. The maximum atomic E-state index is 13.7. The van der Waals surface area contributed by atoms with Gasteiger partial charge in [-0.2, -0.15) is 0 Å². The van der Waals surface area contributed by atoms with Crippen LogP contribution in [0.3, 0.4) is 0 Å². The fraction of sp³-hybridized carbons (Fsp3) is 0.533. The molecular weight excluding hydrogens is 343 g/mol. The van der Waals surface area contributed by atoms with E-state index in [4.69, 9.17) is 11.6 Å². The zero-order chi connectivity index (χ0) is 14.3. The first kappa shape index (κ1) is 14.3. The molecule has 1 fully saturated rings. The Kier molecular flexibility index (Phi) is 4.04. The summed E-state index contributed by atoms with van der Waals surface area (Å²) in [6.07, 6.45) is 4.90. The van der Waals surface area contributed by atoms with Crippen LogP contribution in [0, 0.1) is 11.7 Å². The molecular formula is C15H17BrClFN2. The Morgan fingerprint density at radius 3 is 2.85 bits per heavy atom. The molecule has 2 aromatic rings. The Morgan fingerprint density at radius 2 is 2.15 bits per heavy atom. The summed E-state index contributed by atoms with van der Waals surface area (Å²) in [6.45, 7) is 2.28. The molecule has 1 aliphatic carbocycles. The standard InChI is InChI=1S/C15H17BrClFN2/c1-9-4-2-3-5-13(9)20-14-6-10(16)11(18)7-12(14)19-15(20)8-17/h6-7,9,13H,2-5,8H2,1H3. The van der Waals surface area contributed by atoms with Crippen LogP contribution in [0.25, 0.3) is 11.0 Å². The Bertz CT molecular complexity index is 640. The number of hydrogen-bond acceptors (Lipinski definition) is 1. The third-order valence-electron chi connectivity index (χ3n) is 4.32. The van der Waals surface area contributed by atoms with Crippen molar-refractivity contribution in [1.82, 2.24) is 9.55 Å². The van der Waals surface area contributed by atoms with Gasteiger partial charge in [0.05, 0.1) is 21.4 Å². The summed E-state index contributed by atoms with van der Waals surface area (Å²) in [5.41, 5.74) is 1.67. The minimum Gasteiger partial charge on any atom is -0.324 e. The van der Waals surface area contributed by atoms with E-state index in [1.54, 1.807) is 0 Å². The number of aromatic nitrogens is 2. The Hall–Kier alpha value is -0.610. The van der Waals surface area contributed by atoms with Gasteiger partial charge in [0.15, 0.2) is 0 Å². The van der Waals surface area contributed by atoms with Gasteiger partial charge in [0.25, 0.3) is 0 Å². The highest BCUT2D eigenvalue weighted by molar-refractivity contribution is 9.10. The molecule has 2 nitrogen and oxygen atoms in total. The van der Waals surface area contributed by atoms with E-state index in [0.717, 1.165) is 17.8 Å². The number of fused-ring (bicyclic) bond motifs is 1. The maximum absolute atomic E-state index is 13.7. The van der Waals surface area contributed by atoms with Gasteiger partial charge in [-0.1, -0.05) is 19.8 Å². The molecule has 1 heterocycles. The molecule has 1 aliphatic rings. The predicted molar refractivity (Wildman–Crippen MR) is 83.6 cm³/mol. The number of nitrogens with zero attached hydrogens (tertiary/aromatic N) is 2. The molecule has 0 bridgehead atoms. The van der Waals surface area contributed by atoms with Crippen LogP contribution in [0.15, 0.2) is 16.6 Å². The maximum Gasteiger partial charge on any atom is 0.139 e. The zero-order valence-corrected chi connectivity index (χ0v) is 13.7. The quantitative estimate of drug-likeness (QED) is 0.654. The largest absolute Gasteiger partial charge is 0.324 e. The molecule has 0 N–H and O–H groups in total. The van der Waals surface area contributed by atoms with Gasteiger partial charge in [0.2, 0.25) is 0 Å². The number of halogens is 3. The summed E-state index contributed by atoms with van der Waals surface area (Å²) in [4.78, 5) is 4.51. The van der Waals surface area contributed by atoms with Gasteiger partial charge in [-0.05, 0) is 40.8 Å². The minimum atomic E-state index is -0.278. The van der Waals surface area contributed by atoms with E-state index in [-0.39, 0.29) is 5.82 Å². The van der Waals surface area contributed by atoms with Crippen molar-refractivity contribution in [3.05, 3.63) is 28.2 Å². The van der Waals surface area contributed by atoms with Crippen molar-refractivity contribution in [3.8, 4) is 0 Å². The van der Waals surface area contributed by atoms with Crippen LogP contribution in [0.1, 0.15) is 44.5 Å². The van der Waals surface area contributed by atoms with Crippen molar-refractivity contribution >= 4 is 38.6 Å². The van der Waals surface area contributed by atoms with Crippen LogP contribution in [-0.4, -0.2) is 9.55 Å². The van der Waals surface area contributed by atoms with E-state index < -0.39 is 0 Å². The molecule has 1 aromatic heterocycles. The molecule has 2 unspecified atom stereocenters. The topological polar surface area (TPSA) is 17.8 Å². The lowest BCUT2D eigenvalue weighted by Gasteiger charge is -2.31. The first-order valence-corrected chi connectivity index (χ1v) is 8.36. The Morgan fingerprint density at radius 1 is 1.40 bits per heavy atom. The third-order valence-corrected chi connectivity index (χ3v) is 5.17. The van der Waals surface area contributed by atoms with E-state index >= 15 is 0 Å². The summed E-state index contributed by atoms with van der Waals surface area (Å²) in [5, 5.41) is 0. The number of rotatable bonds is 2. The molecule has 0 aliphatic heterocycles. The van der Waals surface area contributed by atoms with E-state index in [0.29, 0.717) is 27.8 Å². The average molecular weight is 360 g/mol. The molecule has 3 rings (SSSR count). The highest BCUT2D eigenvalue weighted by atomic mass is 79.9. The summed E-state index contributed by atoms with van der Waals surface area (Å²) < 4.78 is 16.4. The van der Waals surface area contributed by atoms with Crippen LogP contribution in [0.4, 0.5) is 4.39 Å². The summed E-state index contributed by atoms with van der Waals surface area (Å²) in [5.74, 6) is 1.53. The monoisotopic (exact) mass is 358 g/mol. The SMILES string of the molecule is CC1CCCCC1n1c(CCl)nc2cc(F)c(Br)cc21. The second-order valence-electron chi connectivity index (χ2n) is 5.62. The van der Waals surface area contributed by atoms with E-state index in [1.165, 1.54) is 25.3 Å². The van der Waals surface area contributed by atoms with Gasteiger partial charge in [-0.15, -0.1) is 11.6 Å². The average Bonchev–Trinajstić information content (AvgIpc) is 2.77. The van der Waals surface area contributed by atoms with Crippen molar-refractivity contribution in [2.45, 2.75) is 44.5 Å². The Labute approximate surface area is 131 Å². The van der Waals surface area contributed by atoms with Crippen molar-refractivity contribution < 1.29 is 4.39 Å². The summed E-state index contributed by atoms with van der Waals surface area (Å²) in [6, 6.07) is 3.73. The van der Waals surface area contributed by atoms with Crippen LogP contribution in [0.2, 0.25) is 0 Å². The van der Waals surface area contributed by atoms with Gasteiger partial charge in [0.1, 0.15) is 11.6 Å². The third kappa shape index (κ3) is 2.37. The highest BCUT2D eigenvalue weighted by Crippen LogP contribution is 2.37. The van der Waals surface area contributed by atoms with Gasteiger partial charge < -0.3 is 4.57 Å². The predicted octanol–water partition coefficient (Wildman–Crippen LogP) is 5.43. The van der Waals surface area contributed by atoms with Crippen molar-refractivity contribution in [2.24, 2.45) is 5.92 Å². The normalized spacial score (nSPS) is 23.4. The number of imidazole rings is 1. The van der Waals surface area contributed by atoms with Gasteiger partial charge in [0, 0.05) is 12.1 Å². The molecule has 5 heteroatoms. The zero-order valence-electron chi connectivity index (χ0n) is 11.4. The first-order valence-electron chi connectivity index (χ1n) is 7.03.